The maximum Gasteiger partial charge on any atom is 0.186 e. The molecule has 0 aromatic rings. The molecule has 18 atom stereocenters. The van der Waals surface area contributed by atoms with E-state index >= 15 is 0 Å². The molecule has 2 aliphatic carbocycles. The zero-order valence-electron chi connectivity index (χ0n) is 22.6. The average Bonchev–Trinajstić information content (AvgIpc) is 2.95. The molecule has 0 bridgehead atoms. The summed E-state index contributed by atoms with van der Waals surface area (Å²) >= 11 is 0. The minimum absolute atomic E-state index is 0.144. The van der Waals surface area contributed by atoms with Gasteiger partial charge in [-0.15, -0.1) is 0 Å². The van der Waals surface area contributed by atoms with Gasteiger partial charge < -0.3 is 74.7 Å². The molecule has 3 saturated heterocycles. The van der Waals surface area contributed by atoms with Crippen LogP contribution in [0.4, 0.5) is 0 Å². The number of fused-ring (bicyclic) bond motifs is 1. The van der Waals surface area contributed by atoms with Crippen LogP contribution in [0.25, 0.3) is 0 Å². The molecule has 15 nitrogen and oxygen atoms in total. The van der Waals surface area contributed by atoms with Crippen molar-refractivity contribution in [3.8, 4) is 0 Å². The van der Waals surface area contributed by atoms with Crippen molar-refractivity contribution in [2.24, 2.45) is 11.8 Å². The molecule has 0 amide bonds. The van der Waals surface area contributed by atoms with Gasteiger partial charge >= 0.3 is 0 Å². The smallest absolute Gasteiger partial charge is 0.186 e. The van der Waals surface area contributed by atoms with Gasteiger partial charge in [0.05, 0.1) is 43.5 Å². The molecule has 2 saturated carbocycles. The third kappa shape index (κ3) is 6.60. The molecule has 0 spiro atoms. The second-order valence-electron chi connectivity index (χ2n) is 12.2. The maximum atomic E-state index is 10.7. The SMILES string of the molecule is OCC1OC(OC2CC(O)CC3[OH+]C(C4CCC(O)C(O)C4)C(OC4OCC(O)C(O)C4O)CC23)C(O)C(O)C1O. The second kappa shape index (κ2) is 13.2. The molecule has 5 aliphatic rings. The molecule has 238 valence electrons. The Hall–Kier alpha value is -0.600. The molecule has 5 fully saturated rings. The number of aliphatic hydroxyl groups excluding tert-OH is 10. The molecule has 41 heavy (non-hydrogen) atoms. The Morgan fingerprint density at radius 2 is 1.37 bits per heavy atom. The van der Waals surface area contributed by atoms with Gasteiger partial charge in [-0.25, -0.2) is 0 Å². The highest BCUT2D eigenvalue weighted by molar-refractivity contribution is 4.99. The summed E-state index contributed by atoms with van der Waals surface area (Å²) in [6, 6.07) is 0. The summed E-state index contributed by atoms with van der Waals surface area (Å²) in [5.41, 5.74) is 0. The molecule has 18 unspecified atom stereocenters. The van der Waals surface area contributed by atoms with E-state index in [1.807, 2.05) is 0 Å². The Labute approximate surface area is 236 Å². The molecule has 0 radical (unpaired) electrons. The molecule has 0 aromatic heterocycles. The van der Waals surface area contributed by atoms with Crippen LogP contribution in [0.5, 0.6) is 0 Å². The van der Waals surface area contributed by atoms with Crippen molar-refractivity contribution in [3.63, 3.8) is 0 Å². The van der Waals surface area contributed by atoms with Gasteiger partial charge in [-0.3, -0.25) is 0 Å². The van der Waals surface area contributed by atoms with Crippen molar-refractivity contribution >= 4 is 0 Å². The zero-order valence-corrected chi connectivity index (χ0v) is 22.6. The minimum atomic E-state index is -1.63. The van der Waals surface area contributed by atoms with Crippen LogP contribution in [0.2, 0.25) is 0 Å². The minimum Gasteiger partial charge on any atom is -0.427 e. The fourth-order valence-corrected chi connectivity index (χ4v) is 7.06. The number of aliphatic hydroxyl groups is 12. The van der Waals surface area contributed by atoms with E-state index in [9.17, 15) is 51.1 Å². The van der Waals surface area contributed by atoms with Crippen LogP contribution >= 0.6 is 0 Å². The standard InChI is InChI=1S/C26H44O15/c27-7-18-20(33)21(34)23(36)26(41-18)39-16-5-10(28)4-15-11(16)6-17(40-25-22(35)19(32)14(31)8-37-25)24(38-15)9-1-2-12(29)13(30)3-9/h9-36H,1-8H2/p+1. The quantitative estimate of drug-likeness (QED) is 0.129. The molecule has 0 aromatic carbocycles. The van der Waals surface area contributed by atoms with Gasteiger partial charge in [-0.1, -0.05) is 0 Å². The molecule has 11 N–H and O–H groups in total. The van der Waals surface area contributed by atoms with Crippen molar-refractivity contribution < 1.29 is 74.7 Å². The lowest BCUT2D eigenvalue weighted by atomic mass is 9.72. The highest BCUT2D eigenvalue weighted by Crippen LogP contribution is 2.43. The van der Waals surface area contributed by atoms with Gasteiger partial charge in [-0.2, -0.15) is 0 Å². The molecule has 3 aliphatic heterocycles. The van der Waals surface area contributed by atoms with E-state index in [-0.39, 0.29) is 37.7 Å². The Bertz CT molecular complexity index is 850. The van der Waals surface area contributed by atoms with E-state index in [1.54, 1.807) is 0 Å². The molecule has 3 heterocycles. The third-order valence-corrected chi connectivity index (χ3v) is 9.46. The largest absolute Gasteiger partial charge is 0.427 e. The Kier molecular flexibility index (Phi) is 10.2. The fourth-order valence-electron chi connectivity index (χ4n) is 7.06. The van der Waals surface area contributed by atoms with Crippen LogP contribution in [0, 0.1) is 11.8 Å². The Balaban J connectivity index is 1.36. The van der Waals surface area contributed by atoms with Gasteiger partial charge in [0.2, 0.25) is 0 Å². The average molecular weight is 598 g/mol. The van der Waals surface area contributed by atoms with Gasteiger partial charge in [-0.05, 0) is 25.7 Å². The van der Waals surface area contributed by atoms with Crippen LogP contribution < -0.4 is 0 Å². The van der Waals surface area contributed by atoms with Crippen molar-refractivity contribution in [1.29, 1.82) is 0 Å². The summed E-state index contributed by atoms with van der Waals surface area (Å²) in [6.45, 7) is -0.879. The molecular weight excluding hydrogens is 552 g/mol. The summed E-state index contributed by atoms with van der Waals surface area (Å²) < 4.78 is 28.3. The summed E-state index contributed by atoms with van der Waals surface area (Å²) in [6.07, 6.45) is -16.1. The van der Waals surface area contributed by atoms with E-state index < -0.39 is 105 Å². The lowest BCUT2D eigenvalue weighted by Crippen LogP contribution is -2.63. The van der Waals surface area contributed by atoms with E-state index in [0.717, 1.165) is 0 Å². The number of rotatable bonds is 6. The summed E-state index contributed by atoms with van der Waals surface area (Å²) in [5, 5.41) is 102. The van der Waals surface area contributed by atoms with Crippen LogP contribution in [0.15, 0.2) is 0 Å². The van der Waals surface area contributed by atoms with Crippen LogP contribution in [0.3, 0.4) is 0 Å². The normalized spacial score (nSPS) is 54.9. The first-order valence-corrected chi connectivity index (χ1v) is 14.5. The van der Waals surface area contributed by atoms with Gasteiger partial charge in [0, 0.05) is 18.8 Å². The molecule has 15 heteroatoms. The maximum absolute atomic E-state index is 10.7. The predicted octanol–water partition coefficient (Wildman–Crippen LogP) is -5.04. The Morgan fingerprint density at radius 3 is 2.07 bits per heavy atom. The fraction of sp³-hybridized carbons (Fsp3) is 1.00. The van der Waals surface area contributed by atoms with Crippen molar-refractivity contribution in [3.05, 3.63) is 0 Å². The molecule has 5 rings (SSSR count). The van der Waals surface area contributed by atoms with Crippen molar-refractivity contribution in [1.82, 2.24) is 0 Å². The Morgan fingerprint density at radius 1 is 0.659 bits per heavy atom. The number of ether oxygens (including phenoxy) is 5. The van der Waals surface area contributed by atoms with Crippen LogP contribution in [-0.2, 0) is 18.9 Å². The second-order valence-corrected chi connectivity index (χ2v) is 12.2. The third-order valence-electron chi connectivity index (χ3n) is 9.46. The summed E-state index contributed by atoms with van der Waals surface area (Å²) in [5.74, 6) is -0.582. The van der Waals surface area contributed by atoms with E-state index in [1.165, 1.54) is 0 Å². The molecular formula is C26H45O15+. The van der Waals surface area contributed by atoms with Gasteiger partial charge in [0.15, 0.2) is 24.8 Å². The lowest BCUT2D eigenvalue weighted by molar-refractivity contribution is -0.360. The monoisotopic (exact) mass is 597 g/mol. The summed E-state index contributed by atoms with van der Waals surface area (Å²) in [4.78, 5) is 0. The number of hydrogen-bond donors (Lipinski definition) is 10. The van der Waals surface area contributed by atoms with E-state index in [0.29, 0.717) is 19.3 Å². The first-order chi connectivity index (χ1) is 19.5. The highest BCUT2D eigenvalue weighted by Gasteiger charge is 2.56. The van der Waals surface area contributed by atoms with Crippen molar-refractivity contribution in [2.75, 3.05) is 13.2 Å². The lowest BCUT2D eigenvalue weighted by Gasteiger charge is -2.49. The van der Waals surface area contributed by atoms with Crippen LogP contribution in [0.1, 0.15) is 38.5 Å². The van der Waals surface area contributed by atoms with Crippen molar-refractivity contribution in [2.45, 2.75) is 137 Å². The first kappa shape index (κ1) is 31.8. The van der Waals surface area contributed by atoms with E-state index in [4.69, 9.17) is 23.7 Å². The highest BCUT2D eigenvalue weighted by atomic mass is 16.7. The van der Waals surface area contributed by atoms with Gasteiger partial charge in [0.1, 0.15) is 48.8 Å². The summed E-state index contributed by atoms with van der Waals surface area (Å²) in [7, 11) is 0. The zero-order chi connectivity index (χ0) is 29.6. The predicted molar refractivity (Wildman–Crippen MR) is 134 cm³/mol. The van der Waals surface area contributed by atoms with Crippen LogP contribution in [-0.4, -0.2) is 167 Å². The van der Waals surface area contributed by atoms with Gasteiger partial charge in [0.25, 0.3) is 0 Å². The van der Waals surface area contributed by atoms with E-state index in [2.05, 4.69) is 0 Å². The first-order valence-electron chi connectivity index (χ1n) is 14.5. The number of hydrogen-bond acceptors (Lipinski definition) is 14. The topological polar surface area (TPSA) is 252 Å².